The van der Waals surface area contributed by atoms with Gasteiger partial charge in [0, 0.05) is 0 Å². The zero-order valence-electron chi connectivity index (χ0n) is 4.13. The van der Waals surface area contributed by atoms with Crippen LogP contribution in [0.5, 0.6) is 0 Å². The first kappa shape index (κ1) is 5.24. The van der Waals surface area contributed by atoms with E-state index in [4.69, 9.17) is 5.11 Å². The van der Waals surface area contributed by atoms with E-state index in [9.17, 15) is 4.39 Å². The van der Waals surface area contributed by atoms with E-state index in [1.807, 2.05) is 0 Å². The molecular formula is C4H6FN2O+. The van der Waals surface area contributed by atoms with E-state index < -0.39 is 12.1 Å². The van der Waals surface area contributed by atoms with Crippen LogP contribution in [0.15, 0.2) is 12.0 Å². The van der Waals surface area contributed by atoms with Gasteiger partial charge in [-0.3, -0.25) is 0 Å². The summed E-state index contributed by atoms with van der Waals surface area (Å²) in [6.07, 6.45) is -0.160. The van der Waals surface area contributed by atoms with Gasteiger partial charge in [-0.2, -0.15) is 9.82 Å². The molecule has 4 heteroatoms. The molecule has 0 bridgehead atoms. The Balaban J connectivity index is 2.72. The van der Waals surface area contributed by atoms with Gasteiger partial charge in [-0.1, -0.05) is 4.68 Å². The molecule has 0 amide bonds. The van der Waals surface area contributed by atoms with Gasteiger partial charge in [-0.15, -0.1) is 0 Å². The monoisotopic (exact) mass is 117 g/mol. The van der Waals surface area contributed by atoms with Crippen molar-refractivity contribution in [3.63, 3.8) is 0 Å². The van der Waals surface area contributed by atoms with Crippen LogP contribution in [0.2, 0.25) is 0 Å². The van der Waals surface area contributed by atoms with Crippen LogP contribution in [-0.2, 0) is 0 Å². The number of hydrogen-bond acceptors (Lipinski definition) is 2. The molecule has 1 aliphatic rings. The number of hydrazine groups is 1. The van der Waals surface area contributed by atoms with Gasteiger partial charge in [0.25, 0.3) is 0 Å². The second-order valence-corrected chi connectivity index (χ2v) is 1.50. The van der Waals surface area contributed by atoms with Crippen molar-refractivity contribution in [2.24, 2.45) is 0 Å². The molecule has 44 valence electrons. The third kappa shape index (κ3) is 0.586. The smallest absolute Gasteiger partial charge is 0.329 e. The van der Waals surface area contributed by atoms with Crippen LogP contribution in [0, 0.1) is 0 Å². The lowest BCUT2D eigenvalue weighted by molar-refractivity contribution is -0.625. The Morgan fingerprint density at radius 1 is 2.00 bits per heavy atom. The van der Waals surface area contributed by atoms with Crippen molar-refractivity contribution in [2.45, 2.75) is 6.23 Å². The molecule has 0 saturated carbocycles. The van der Waals surface area contributed by atoms with Crippen LogP contribution >= 0.6 is 0 Å². The van der Waals surface area contributed by atoms with Crippen LogP contribution in [0.3, 0.4) is 0 Å². The Labute approximate surface area is 45.7 Å². The summed E-state index contributed by atoms with van der Waals surface area (Å²) in [5.74, 6) is -0.611. The van der Waals surface area contributed by atoms with E-state index >= 15 is 0 Å². The number of nitrogens with one attached hydrogen (secondary N) is 1. The standard InChI is InChI=1S/C4H6FN2O/c1-7-4(8)3(5)2-6-7/h2,4,6,8H,1H2/q+1. The lowest BCUT2D eigenvalue weighted by Crippen LogP contribution is -2.26. The molecule has 0 aromatic carbocycles. The first-order chi connectivity index (χ1) is 3.72. The fourth-order valence-electron chi connectivity index (χ4n) is 0.439. The van der Waals surface area contributed by atoms with Gasteiger partial charge >= 0.3 is 6.23 Å². The topological polar surface area (TPSA) is 35.3 Å². The van der Waals surface area contributed by atoms with Gasteiger partial charge in [-0.05, 0) is 0 Å². The molecule has 1 unspecified atom stereocenters. The van der Waals surface area contributed by atoms with Crippen molar-refractivity contribution in [3.05, 3.63) is 12.0 Å². The second-order valence-electron chi connectivity index (χ2n) is 1.50. The molecule has 3 nitrogen and oxygen atoms in total. The minimum atomic E-state index is -1.21. The second kappa shape index (κ2) is 1.56. The molecule has 0 aromatic rings. The molecule has 1 heterocycles. The zero-order valence-corrected chi connectivity index (χ0v) is 4.13. The fourth-order valence-corrected chi connectivity index (χ4v) is 0.439. The van der Waals surface area contributed by atoms with Gasteiger partial charge in [0.2, 0.25) is 5.83 Å². The van der Waals surface area contributed by atoms with Gasteiger partial charge in [0.05, 0.1) is 0 Å². The highest BCUT2D eigenvalue weighted by atomic mass is 19.1. The molecule has 2 N–H and O–H groups in total. The van der Waals surface area contributed by atoms with Crippen LogP contribution in [0.1, 0.15) is 0 Å². The third-order valence-corrected chi connectivity index (χ3v) is 0.910. The van der Waals surface area contributed by atoms with E-state index in [2.05, 4.69) is 12.1 Å². The SMILES string of the molecule is C=[N+]1NC=C(F)C1O. The molecule has 0 saturated heterocycles. The van der Waals surface area contributed by atoms with Crippen LogP contribution in [-0.4, -0.2) is 22.7 Å². The molecule has 0 spiro atoms. The summed E-state index contributed by atoms with van der Waals surface area (Å²) in [7, 11) is 0. The van der Waals surface area contributed by atoms with Gasteiger partial charge in [-0.25, -0.2) is 0 Å². The largest absolute Gasteiger partial charge is 0.337 e. The maximum atomic E-state index is 12.0. The van der Waals surface area contributed by atoms with Crippen molar-refractivity contribution in [1.82, 2.24) is 5.43 Å². The molecule has 0 aliphatic carbocycles. The minimum absolute atomic E-state index is 0.611. The number of aliphatic hydroxyl groups excluding tert-OH is 1. The Hall–Kier alpha value is -0.900. The van der Waals surface area contributed by atoms with Gasteiger partial charge in [0.1, 0.15) is 6.20 Å². The number of aliphatic hydroxyl groups is 1. The summed E-state index contributed by atoms with van der Waals surface area (Å²) >= 11 is 0. The number of halogens is 1. The van der Waals surface area contributed by atoms with E-state index in [-0.39, 0.29) is 0 Å². The van der Waals surface area contributed by atoms with Crippen molar-refractivity contribution < 1.29 is 14.2 Å². The lowest BCUT2D eigenvalue weighted by atomic mass is 10.5. The van der Waals surface area contributed by atoms with Crippen LogP contribution in [0.4, 0.5) is 4.39 Å². The van der Waals surface area contributed by atoms with E-state index in [1.54, 1.807) is 0 Å². The first-order valence-corrected chi connectivity index (χ1v) is 2.11. The minimum Gasteiger partial charge on any atom is -0.329 e. The van der Waals surface area contributed by atoms with E-state index in [0.717, 1.165) is 10.9 Å². The Morgan fingerprint density at radius 3 is 2.75 bits per heavy atom. The quantitative estimate of drug-likeness (QED) is 0.413. The zero-order chi connectivity index (χ0) is 6.15. The molecule has 0 radical (unpaired) electrons. The molecule has 1 rings (SSSR count). The number of nitrogens with zero attached hydrogens (tertiary/aromatic N) is 1. The average molecular weight is 117 g/mol. The number of rotatable bonds is 0. The lowest BCUT2D eigenvalue weighted by Gasteiger charge is -1.92. The number of hydrazone groups is 1. The van der Waals surface area contributed by atoms with E-state index in [0.29, 0.717) is 0 Å². The molecular weight excluding hydrogens is 111 g/mol. The summed E-state index contributed by atoms with van der Waals surface area (Å²) < 4.78 is 13.0. The van der Waals surface area contributed by atoms with E-state index in [1.165, 1.54) is 0 Å². The van der Waals surface area contributed by atoms with Crippen molar-refractivity contribution in [1.29, 1.82) is 0 Å². The van der Waals surface area contributed by atoms with Crippen molar-refractivity contribution in [2.75, 3.05) is 0 Å². The Kier molecular flexibility index (Phi) is 1.02. The summed E-state index contributed by atoms with van der Waals surface area (Å²) in [4.78, 5) is 0. The third-order valence-electron chi connectivity index (χ3n) is 0.910. The molecule has 1 atom stereocenters. The predicted octanol–water partition coefficient (Wildman–Crippen LogP) is -0.653. The van der Waals surface area contributed by atoms with Crippen molar-refractivity contribution in [3.8, 4) is 0 Å². The fraction of sp³-hybridized carbons (Fsp3) is 0.250. The molecule has 8 heavy (non-hydrogen) atoms. The normalized spacial score (nSPS) is 27.5. The average Bonchev–Trinajstić information content (AvgIpc) is 1.98. The van der Waals surface area contributed by atoms with Crippen LogP contribution < -0.4 is 5.43 Å². The first-order valence-electron chi connectivity index (χ1n) is 2.11. The van der Waals surface area contributed by atoms with Gasteiger partial charge in [0.15, 0.2) is 6.72 Å². The van der Waals surface area contributed by atoms with Gasteiger partial charge < -0.3 is 5.11 Å². The molecule has 1 aliphatic heterocycles. The van der Waals surface area contributed by atoms with Crippen molar-refractivity contribution >= 4 is 6.72 Å². The number of hydrogen-bond donors (Lipinski definition) is 2. The molecule has 0 aromatic heterocycles. The molecule has 0 fully saturated rings. The highest BCUT2D eigenvalue weighted by Gasteiger charge is 2.26. The van der Waals surface area contributed by atoms with Crippen LogP contribution in [0.25, 0.3) is 0 Å². The Bertz CT molecular complexity index is 154. The highest BCUT2D eigenvalue weighted by Crippen LogP contribution is 2.06. The Morgan fingerprint density at radius 2 is 2.62 bits per heavy atom. The maximum Gasteiger partial charge on any atom is 0.337 e. The summed E-state index contributed by atoms with van der Waals surface area (Å²) in [5, 5.41) is 8.62. The highest BCUT2D eigenvalue weighted by molar-refractivity contribution is 5.16. The summed E-state index contributed by atoms with van der Waals surface area (Å²) in [6, 6.07) is 0. The predicted molar refractivity (Wildman–Crippen MR) is 25.7 cm³/mol. The maximum absolute atomic E-state index is 12.0. The summed E-state index contributed by atoms with van der Waals surface area (Å²) in [5.41, 5.74) is 2.35. The summed E-state index contributed by atoms with van der Waals surface area (Å²) in [6.45, 7) is 3.25.